The van der Waals surface area contributed by atoms with Crippen LogP contribution < -0.4 is 10.2 Å². The third-order valence-electron chi connectivity index (χ3n) is 4.28. The van der Waals surface area contributed by atoms with E-state index in [1.807, 2.05) is 0 Å². The van der Waals surface area contributed by atoms with Gasteiger partial charge in [-0.2, -0.15) is 0 Å². The van der Waals surface area contributed by atoms with Crippen molar-refractivity contribution in [2.24, 2.45) is 0 Å². The van der Waals surface area contributed by atoms with Crippen molar-refractivity contribution in [3.8, 4) is 11.3 Å². The molecule has 1 aliphatic rings. The number of halogens is 1. The Hall–Kier alpha value is -2.01. The van der Waals surface area contributed by atoms with Crippen LogP contribution in [-0.4, -0.2) is 35.9 Å². The van der Waals surface area contributed by atoms with E-state index in [0.29, 0.717) is 6.04 Å². The molecule has 0 radical (unpaired) electrons. The Balaban J connectivity index is 1.96. The lowest BCUT2D eigenvalue weighted by atomic mass is 10.0. The Labute approximate surface area is 130 Å². The zero-order valence-electron chi connectivity index (χ0n) is 13.2. The molecule has 0 amide bonds. The minimum absolute atomic E-state index is 0.238. The lowest BCUT2D eigenvalue weighted by Gasteiger charge is -2.33. The fraction of sp³-hybridized carbons (Fsp3) is 0.412. The molecule has 0 aliphatic carbocycles. The van der Waals surface area contributed by atoms with E-state index in [4.69, 9.17) is 0 Å². The molecule has 1 atom stereocenters. The van der Waals surface area contributed by atoms with Crippen LogP contribution in [0.25, 0.3) is 11.3 Å². The summed E-state index contributed by atoms with van der Waals surface area (Å²) in [6.45, 7) is 9.15. The first-order chi connectivity index (χ1) is 10.6. The fourth-order valence-electron chi connectivity index (χ4n) is 2.90. The Morgan fingerprint density at radius 1 is 1.14 bits per heavy atom. The molecule has 22 heavy (non-hydrogen) atoms. The summed E-state index contributed by atoms with van der Waals surface area (Å²) in [5.74, 6) is 0.717. The van der Waals surface area contributed by atoms with Crippen molar-refractivity contribution in [2.75, 3.05) is 24.5 Å². The lowest BCUT2D eigenvalue weighted by molar-refractivity contribution is 0.480. The normalized spacial score (nSPS) is 18.5. The second-order valence-electron chi connectivity index (χ2n) is 5.93. The molecule has 3 rings (SSSR count). The summed E-state index contributed by atoms with van der Waals surface area (Å²) in [6.07, 6.45) is 0. The summed E-state index contributed by atoms with van der Waals surface area (Å²) >= 11 is 0. The number of anilines is 1. The van der Waals surface area contributed by atoms with E-state index in [0.717, 1.165) is 47.8 Å². The number of aromatic nitrogens is 2. The molecule has 5 heteroatoms. The smallest absolute Gasteiger partial charge is 0.154 e. The summed E-state index contributed by atoms with van der Waals surface area (Å²) in [4.78, 5) is 2.28. The van der Waals surface area contributed by atoms with Gasteiger partial charge in [-0.1, -0.05) is 0 Å². The second kappa shape index (κ2) is 6.01. The van der Waals surface area contributed by atoms with Crippen LogP contribution in [0.15, 0.2) is 24.3 Å². The maximum absolute atomic E-state index is 13.1. The van der Waals surface area contributed by atoms with E-state index in [-0.39, 0.29) is 5.82 Å². The van der Waals surface area contributed by atoms with Crippen LogP contribution in [0.2, 0.25) is 0 Å². The minimum atomic E-state index is -0.238. The first-order valence-corrected chi connectivity index (χ1v) is 7.64. The van der Waals surface area contributed by atoms with Gasteiger partial charge in [0.15, 0.2) is 5.82 Å². The van der Waals surface area contributed by atoms with Crippen LogP contribution in [0.4, 0.5) is 10.2 Å². The first kappa shape index (κ1) is 14.9. The Kier molecular flexibility index (Phi) is 4.07. The van der Waals surface area contributed by atoms with E-state index in [1.165, 1.54) is 12.1 Å². The van der Waals surface area contributed by atoms with Gasteiger partial charge in [-0.05, 0) is 56.2 Å². The average Bonchev–Trinajstić information content (AvgIpc) is 2.51. The van der Waals surface area contributed by atoms with Gasteiger partial charge in [-0.3, -0.25) is 0 Å². The van der Waals surface area contributed by atoms with E-state index < -0.39 is 0 Å². The predicted molar refractivity (Wildman–Crippen MR) is 86.6 cm³/mol. The van der Waals surface area contributed by atoms with Crippen molar-refractivity contribution < 1.29 is 4.39 Å². The monoisotopic (exact) mass is 300 g/mol. The van der Waals surface area contributed by atoms with Crippen molar-refractivity contribution in [2.45, 2.75) is 26.8 Å². The van der Waals surface area contributed by atoms with Gasteiger partial charge in [0.1, 0.15) is 5.82 Å². The third-order valence-corrected chi connectivity index (χ3v) is 4.28. The Morgan fingerprint density at radius 3 is 2.55 bits per heavy atom. The summed E-state index contributed by atoms with van der Waals surface area (Å²) in [6, 6.07) is 6.86. The Morgan fingerprint density at radius 2 is 1.86 bits per heavy atom. The maximum atomic E-state index is 13.1. The topological polar surface area (TPSA) is 41.1 Å². The fourth-order valence-corrected chi connectivity index (χ4v) is 2.90. The zero-order chi connectivity index (χ0) is 15.7. The highest BCUT2D eigenvalue weighted by molar-refractivity contribution is 5.66. The molecular weight excluding hydrogens is 279 g/mol. The van der Waals surface area contributed by atoms with Gasteiger partial charge in [0.05, 0.1) is 5.69 Å². The molecule has 1 aliphatic heterocycles. The van der Waals surface area contributed by atoms with Gasteiger partial charge in [0.2, 0.25) is 0 Å². The predicted octanol–water partition coefficient (Wildman–Crippen LogP) is 2.70. The van der Waals surface area contributed by atoms with Crippen LogP contribution in [0.1, 0.15) is 18.1 Å². The molecule has 116 valence electrons. The highest BCUT2D eigenvalue weighted by Crippen LogP contribution is 2.28. The lowest BCUT2D eigenvalue weighted by Crippen LogP contribution is -2.49. The molecule has 4 nitrogen and oxygen atoms in total. The van der Waals surface area contributed by atoms with Crippen LogP contribution in [0.5, 0.6) is 0 Å². The molecule has 1 aromatic carbocycles. The zero-order valence-corrected chi connectivity index (χ0v) is 13.2. The molecule has 1 saturated heterocycles. The van der Waals surface area contributed by atoms with E-state index in [2.05, 4.69) is 41.2 Å². The number of hydrogen-bond acceptors (Lipinski definition) is 4. The van der Waals surface area contributed by atoms with E-state index in [1.54, 1.807) is 12.1 Å². The van der Waals surface area contributed by atoms with Crippen molar-refractivity contribution in [1.82, 2.24) is 15.5 Å². The first-order valence-electron chi connectivity index (χ1n) is 7.64. The molecule has 0 saturated carbocycles. The largest absolute Gasteiger partial charge is 0.352 e. The van der Waals surface area contributed by atoms with Gasteiger partial charge < -0.3 is 10.2 Å². The van der Waals surface area contributed by atoms with Gasteiger partial charge in [0.25, 0.3) is 0 Å². The molecule has 0 bridgehead atoms. The molecular formula is C17H21FN4. The average molecular weight is 300 g/mol. The number of nitrogens with one attached hydrogen (secondary N) is 1. The molecule has 1 N–H and O–H groups in total. The van der Waals surface area contributed by atoms with Crippen LogP contribution in [-0.2, 0) is 0 Å². The van der Waals surface area contributed by atoms with Crippen molar-refractivity contribution in [1.29, 1.82) is 0 Å². The molecule has 2 aromatic rings. The van der Waals surface area contributed by atoms with Crippen LogP contribution >= 0.6 is 0 Å². The highest BCUT2D eigenvalue weighted by Gasteiger charge is 2.21. The quantitative estimate of drug-likeness (QED) is 0.926. The highest BCUT2D eigenvalue weighted by atomic mass is 19.1. The Bertz CT molecular complexity index is 669. The van der Waals surface area contributed by atoms with Crippen LogP contribution in [0.3, 0.4) is 0 Å². The van der Waals surface area contributed by atoms with Gasteiger partial charge >= 0.3 is 0 Å². The van der Waals surface area contributed by atoms with Crippen molar-refractivity contribution >= 4 is 5.82 Å². The van der Waals surface area contributed by atoms with Gasteiger partial charge in [-0.25, -0.2) is 4.39 Å². The summed E-state index contributed by atoms with van der Waals surface area (Å²) < 4.78 is 13.1. The number of hydrogen-bond donors (Lipinski definition) is 1. The van der Waals surface area contributed by atoms with Crippen molar-refractivity contribution in [3.63, 3.8) is 0 Å². The number of piperazine rings is 1. The maximum Gasteiger partial charge on any atom is 0.154 e. The SMILES string of the molecule is Cc1c(-c2ccc(F)cc2)nnc(N2CCN[C@H](C)C2)c1C. The van der Waals surface area contributed by atoms with E-state index in [9.17, 15) is 4.39 Å². The minimum Gasteiger partial charge on any atom is -0.352 e. The van der Waals surface area contributed by atoms with Gasteiger partial charge in [-0.15, -0.1) is 10.2 Å². The molecule has 0 unspecified atom stereocenters. The number of nitrogens with zero attached hydrogens (tertiary/aromatic N) is 3. The van der Waals surface area contributed by atoms with E-state index >= 15 is 0 Å². The number of rotatable bonds is 2. The molecule has 1 fully saturated rings. The summed E-state index contributed by atoms with van der Waals surface area (Å²) in [7, 11) is 0. The molecule has 1 aromatic heterocycles. The molecule has 0 spiro atoms. The third kappa shape index (κ3) is 2.81. The standard InChI is InChI=1S/C17H21FN4/c1-11-10-22(9-8-19-11)17-13(3)12(2)16(20-21-17)14-4-6-15(18)7-5-14/h4-7,11,19H,8-10H2,1-3H3/t11-/m1/s1. The van der Waals surface area contributed by atoms with Crippen molar-refractivity contribution in [3.05, 3.63) is 41.2 Å². The second-order valence-corrected chi connectivity index (χ2v) is 5.93. The summed E-state index contributed by atoms with van der Waals surface area (Å²) in [5.41, 5.74) is 3.96. The summed E-state index contributed by atoms with van der Waals surface area (Å²) in [5, 5.41) is 12.3. The molecule has 2 heterocycles. The van der Waals surface area contributed by atoms with Crippen LogP contribution in [0, 0.1) is 19.7 Å². The number of benzene rings is 1. The van der Waals surface area contributed by atoms with Gasteiger partial charge in [0, 0.05) is 31.2 Å².